The molecule has 0 saturated carbocycles. The van der Waals surface area contributed by atoms with E-state index in [4.69, 9.17) is 21.1 Å². The SMILES string of the molecule is O=C(O)c1ccc(CNc2cc(Cl)ccc2O)o1. The first kappa shape index (κ1) is 12.3. The second-order valence-corrected chi connectivity index (χ2v) is 4.02. The summed E-state index contributed by atoms with van der Waals surface area (Å²) < 4.78 is 5.06. The molecule has 0 aliphatic heterocycles. The monoisotopic (exact) mass is 267 g/mol. The average molecular weight is 268 g/mol. The molecule has 0 aliphatic rings. The van der Waals surface area contributed by atoms with Gasteiger partial charge in [0.1, 0.15) is 11.5 Å². The molecule has 1 aromatic heterocycles. The van der Waals surface area contributed by atoms with Crippen molar-refractivity contribution in [2.75, 3.05) is 5.32 Å². The zero-order valence-corrected chi connectivity index (χ0v) is 9.94. The molecule has 2 aromatic rings. The molecule has 6 heteroatoms. The summed E-state index contributed by atoms with van der Waals surface area (Å²) >= 11 is 5.79. The minimum Gasteiger partial charge on any atom is -0.506 e. The number of aromatic hydroxyl groups is 1. The first-order chi connectivity index (χ1) is 8.56. The van der Waals surface area contributed by atoms with Crippen LogP contribution in [0.2, 0.25) is 5.02 Å². The average Bonchev–Trinajstić information content (AvgIpc) is 2.79. The Morgan fingerprint density at radius 2 is 2.11 bits per heavy atom. The fraction of sp³-hybridized carbons (Fsp3) is 0.0833. The molecule has 0 atom stereocenters. The third-order valence-corrected chi connectivity index (χ3v) is 2.52. The van der Waals surface area contributed by atoms with Gasteiger partial charge in [0.15, 0.2) is 0 Å². The summed E-state index contributed by atoms with van der Waals surface area (Å²) in [5.74, 6) is -0.731. The van der Waals surface area contributed by atoms with Gasteiger partial charge in [0.2, 0.25) is 5.76 Å². The van der Waals surface area contributed by atoms with Crippen molar-refractivity contribution in [3.63, 3.8) is 0 Å². The van der Waals surface area contributed by atoms with Gasteiger partial charge in [0.05, 0.1) is 12.2 Å². The van der Waals surface area contributed by atoms with E-state index in [9.17, 15) is 9.90 Å². The van der Waals surface area contributed by atoms with Gasteiger partial charge in [0, 0.05) is 5.02 Å². The van der Waals surface area contributed by atoms with Gasteiger partial charge in [0.25, 0.3) is 0 Å². The Bertz CT molecular complexity index is 579. The number of phenols is 1. The highest BCUT2D eigenvalue weighted by Gasteiger charge is 2.09. The second-order valence-electron chi connectivity index (χ2n) is 3.59. The van der Waals surface area contributed by atoms with E-state index < -0.39 is 5.97 Å². The van der Waals surface area contributed by atoms with Crippen LogP contribution in [-0.4, -0.2) is 16.2 Å². The van der Waals surface area contributed by atoms with Crippen LogP contribution in [0.3, 0.4) is 0 Å². The Morgan fingerprint density at radius 1 is 1.33 bits per heavy atom. The number of hydrogen-bond donors (Lipinski definition) is 3. The lowest BCUT2D eigenvalue weighted by molar-refractivity contribution is 0.0660. The van der Waals surface area contributed by atoms with Crippen LogP contribution in [-0.2, 0) is 6.54 Å². The van der Waals surface area contributed by atoms with Crippen molar-refractivity contribution in [1.29, 1.82) is 0 Å². The van der Waals surface area contributed by atoms with Gasteiger partial charge < -0.3 is 19.9 Å². The highest BCUT2D eigenvalue weighted by atomic mass is 35.5. The van der Waals surface area contributed by atoms with Gasteiger partial charge in [-0.2, -0.15) is 0 Å². The third-order valence-electron chi connectivity index (χ3n) is 2.28. The fourth-order valence-electron chi connectivity index (χ4n) is 1.42. The Morgan fingerprint density at radius 3 is 2.78 bits per heavy atom. The highest BCUT2D eigenvalue weighted by Crippen LogP contribution is 2.27. The van der Waals surface area contributed by atoms with Crippen molar-refractivity contribution >= 4 is 23.3 Å². The lowest BCUT2D eigenvalue weighted by Crippen LogP contribution is -1.98. The molecule has 1 aromatic carbocycles. The molecule has 0 fully saturated rings. The summed E-state index contributed by atoms with van der Waals surface area (Å²) in [5, 5.41) is 21.6. The summed E-state index contributed by atoms with van der Waals surface area (Å²) in [5.41, 5.74) is 0.454. The summed E-state index contributed by atoms with van der Waals surface area (Å²) in [6, 6.07) is 7.53. The van der Waals surface area contributed by atoms with Crippen LogP contribution in [0, 0.1) is 0 Å². The molecule has 0 aliphatic carbocycles. The van der Waals surface area contributed by atoms with Crippen LogP contribution in [0.5, 0.6) is 5.75 Å². The molecular formula is C12H10ClNO4. The Kier molecular flexibility index (Phi) is 3.43. The largest absolute Gasteiger partial charge is 0.506 e. The molecule has 0 bridgehead atoms. The Labute approximate surface area is 108 Å². The van der Waals surface area contributed by atoms with E-state index in [-0.39, 0.29) is 18.1 Å². The van der Waals surface area contributed by atoms with Crippen LogP contribution in [0.1, 0.15) is 16.3 Å². The molecule has 18 heavy (non-hydrogen) atoms. The zero-order valence-electron chi connectivity index (χ0n) is 9.18. The molecule has 0 radical (unpaired) electrons. The minimum atomic E-state index is -1.12. The maximum absolute atomic E-state index is 10.6. The number of furan rings is 1. The minimum absolute atomic E-state index is 0.0596. The summed E-state index contributed by atoms with van der Waals surface area (Å²) in [7, 11) is 0. The molecule has 1 heterocycles. The van der Waals surface area contributed by atoms with Crippen molar-refractivity contribution in [1.82, 2.24) is 0 Å². The zero-order chi connectivity index (χ0) is 13.1. The lowest BCUT2D eigenvalue weighted by Gasteiger charge is -2.07. The summed E-state index contributed by atoms with van der Waals surface area (Å²) in [6.45, 7) is 0.251. The van der Waals surface area contributed by atoms with Gasteiger partial charge in [-0.25, -0.2) is 4.79 Å². The summed E-state index contributed by atoms with van der Waals surface area (Å²) in [6.07, 6.45) is 0. The molecule has 0 saturated heterocycles. The molecule has 94 valence electrons. The molecule has 5 nitrogen and oxygen atoms in total. The number of rotatable bonds is 4. The number of hydrogen-bond acceptors (Lipinski definition) is 4. The smallest absolute Gasteiger partial charge is 0.371 e. The highest BCUT2D eigenvalue weighted by molar-refractivity contribution is 6.30. The topological polar surface area (TPSA) is 82.7 Å². The van der Waals surface area contributed by atoms with Gasteiger partial charge in [-0.05, 0) is 30.3 Å². The number of aromatic carboxylic acids is 1. The summed E-state index contributed by atoms with van der Waals surface area (Å²) in [4.78, 5) is 10.6. The van der Waals surface area contributed by atoms with E-state index >= 15 is 0 Å². The van der Waals surface area contributed by atoms with Crippen molar-refractivity contribution in [3.05, 3.63) is 46.9 Å². The molecular weight excluding hydrogens is 258 g/mol. The van der Waals surface area contributed by atoms with Crippen LogP contribution in [0.25, 0.3) is 0 Å². The Hall–Kier alpha value is -2.14. The van der Waals surface area contributed by atoms with Crippen LogP contribution >= 0.6 is 11.6 Å². The number of phenolic OH excluding ortho intramolecular Hbond substituents is 1. The Balaban J connectivity index is 2.06. The van der Waals surface area contributed by atoms with E-state index in [0.717, 1.165) is 0 Å². The molecule has 0 unspecified atom stereocenters. The lowest BCUT2D eigenvalue weighted by atomic mass is 10.3. The number of carboxylic acid groups (broad SMARTS) is 1. The number of benzene rings is 1. The van der Waals surface area contributed by atoms with Gasteiger partial charge in [-0.3, -0.25) is 0 Å². The van der Waals surface area contributed by atoms with E-state index in [2.05, 4.69) is 5.32 Å². The van der Waals surface area contributed by atoms with Crippen LogP contribution in [0.15, 0.2) is 34.7 Å². The number of carbonyl (C=O) groups is 1. The second kappa shape index (κ2) is 5.01. The van der Waals surface area contributed by atoms with Crippen LogP contribution in [0.4, 0.5) is 5.69 Å². The maximum atomic E-state index is 10.6. The predicted molar refractivity (Wildman–Crippen MR) is 66.1 cm³/mol. The van der Waals surface area contributed by atoms with Crippen molar-refractivity contribution in [2.24, 2.45) is 0 Å². The van der Waals surface area contributed by atoms with E-state index in [1.165, 1.54) is 12.1 Å². The van der Waals surface area contributed by atoms with Crippen molar-refractivity contribution in [3.8, 4) is 5.75 Å². The van der Waals surface area contributed by atoms with Crippen molar-refractivity contribution in [2.45, 2.75) is 6.54 Å². The normalized spacial score (nSPS) is 10.3. The molecule has 0 spiro atoms. The fourth-order valence-corrected chi connectivity index (χ4v) is 1.59. The first-order valence-corrected chi connectivity index (χ1v) is 5.48. The number of halogens is 1. The third kappa shape index (κ3) is 2.75. The molecule has 3 N–H and O–H groups in total. The van der Waals surface area contributed by atoms with E-state index in [1.807, 2.05) is 0 Å². The van der Waals surface area contributed by atoms with Gasteiger partial charge in [-0.15, -0.1) is 0 Å². The predicted octanol–water partition coefficient (Wildman–Crippen LogP) is 2.95. The molecule has 0 amide bonds. The van der Waals surface area contributed by atoms with E-state index in [1.54, 1.807) is 18.2 Å². The van der Waals surface area contributed by atoms with E-state index in [0.29, 0.717) is 16.5 Å². The number of anilines is 1. The standard InChI is InChI=1S/C12H10ClNO4/c13-7-1-3-10(15)9(5-7)14-6-8-2-4-11(18-8)12(16)17/h1-5,14-15H,6H2,(H,16,17). The molecule has 2 rings (SSSR count). The van der Waals surface area contributed by atoms with Gasteiger partial charge in [-0.1, -0.05) is 11.6 Å². The number of nitrogens with one attached hydrogen (secondary N) is 1. The quantitative estimate of drug-likeness (QED) is 0.742. The van der Waals surface area contributed by atoms with Gasteiger partial charge >= 0.3 is 5.97 Å². The van der Waals surface area contributed by atoms with Crippen molar-refractivity contribution < 1.29 is 19.4 Å². The first-order valence-electron chi connectivity index (χ1n) is 5.10. The maximum Gasteiger partial charge on any atom is 0.371 e. The number of carboxylic acids is 1. The van der Waals surface area contributed by atoms with Crippen LogP contribution < -0.4 is 5.32 Å².